The molecule has 18 heavy (non-hydrogen) atoms. The molecule has 0 aliphatic carbocycles. The number of benzene rings is 1. The molecule has 1 saturated heterocycles. The third-order valence-electron chi connectivity index (χ3n) is 3.64. The van der Waals surface area contributed by atoms with Gasteiger partial charge in [-0.1, -0.05) is 6.07 Å². The molecular weight excluding hydrogens is 234 g/mol. The lowest BCUT2D eigenvalue weighted by Gasteiger charge is -2.45. The summed E-state index contributed by atoms with van der Waals surface area (Å²) in [7, 11) is 0. The lowest BCUT2D eigenvalue weighted by atomic mass is 9.96. The molecular formula is C14H20F2N2. The van der Waals surface area contributed by atoms with Gasteiger partial charge in [-0.3, -0.25) is 4.90 Å². The molecule has 0 aromatic heterocycles. The number of nitrogens with one attached hydrogen (secondary N) is 1. The predicted molar refractivity (Wildman–Crippen MR) is 68.3 cm³/mol. The molecule has 0 saturated carbocycles. The number of halogens is 2. The molecule has 2 nitrogen and oxygen atoms in total. The standard InChI is InChI=1S/C14H20F2N2/c1-10-7-18(14(2,3)9-17-10)8-11-12(15)5-4-6-13(11)16/h4-6,10,17H,7-9H2,1-3H3. The Hall–Kier alpha value is -1.00. The van der Waals surface area contributed by atoms with E-state index in [2.05, 4.69) is 31.0 Å². The summed E-state index contributed by atoms with van der Waals surface area (Å²) in [4.78, 5) is 2.13. The van der Waals surface area contributed by atoms with E-state index in [1.165, 1.54) is 18.2 Å². The predicted octanol–water partition coefficient (Wildman–Crippen LogP) is 2.54. The van der Waals surface area contributed by atoms with Gasteiger partial charge < -0.3 is 5.32 Å². The van der Waals surface area contributed by atoms with Crippen molar-refractivity contribution in [2.45, 2.75) is 38.9 Å². The highest BCUT2D eigenvalue weighted by Gasteiger charge is 2.33. The molecule has 0 amide bonds. The molecule has 0 bridgehead atoms. The van der Waals surface area contributed by atoms with E-state index in [4.69, 9.17) is 0 Å². The van der Waals surface area contributed by atoms with Gasteiger partial charge in [0.1, 0.15) is 11.6 Å². The topological polar surface area (TPSA) is 15.3 Å². The molecule has 0 radical (unpaired) electrons. The summed E-state index contributed by atoms with van der Waals surface area (Å²) >= 11 is 0. The Kier molecular flexibility index (Phi) is 3.69. The molecule has 1 heterocycles. The largest absolute Gasteiger partial charge is 0.311 e. The van der Waals surface area contributed by atoms with Crippen LogP contribution in [0.3, 0.4) is 0 Å². The zero-order chi connectivity index (χ0) is 13.3. The smallest absolute Gasteiger partial charge is 0.130 e. The number of rotatable bonds is 2. The van der Waals surface area contributed by atoms with Crippen LogP contribution in [0.2, 0.25) is 0 Å². The first-order valence-electron chi connectivity index (χ1n) is 6.31. The van der Waals surface area contributed by atoms with Crippen molar-refractivity contribution in [1.29, 1.82) is 0 Å². The zero-order valence-electron chi connectivity index (χ0n) is 11.1. The minimum Gasteiger partial charge on any atom is -0.311 e. The van der Waals surface area contributed by atoms with E-state index in [0.717, 1.165) is 13.1 Å². The van der Waals surface area contributed by atoms with Crippen LogP contribution >= 0.6 is 0 Å². The van der Waals surface area contributed by atoms with Crippen LogP contribution in [-0.4, -0.2) is 29.6 Å². The second-order valence-electron chi connectivity index (χ2n) is 5.68. The highest BCUT2D eigenvalue weighted by atomic mass is 19.1. The van der Waals surface area contributed by atoms with Crippen LogP contribution in [0.1, 0.15) is 26.3 Å². The Bertz CT molecular complexity index is 412. The molecule has 100 valence electrons. The first-order valence-corrected chi connectivity index (χ1v) is 6.31. The average Bonchev–Trinajstić information content (AvgIpc) is 2.28. The van der Waals surface area contributed by atoms with Crippen LogP contribution in [0.4, 0.5) is 8.78 Å². The van der Waals surface area contributed by atoms with Gasteiger partial charge in [0.05, 0.1) is 0 Å². The molecule has 2 rings (SSSR count). The van der Waals surface area contributed by atoms with Crippen molar-refractivity contribution in [3.63, 3.8) is 0 Å². The maximum Gasteiger partial charge on any atom is 0.130 e. The van der Waals surface area contributed by atoms with Gasteiger partial charge in [0, 0.05) is 36.8 Å². The second kappa shape index (κ2) is 4.94. The molecule has 1 aromatic rings. The van der Waals surface area contributed by atoms with E-state index in [0.29, 0.717) is 12.6 Å². The van der Waals surface area contributed by atoms with Gasteiger partial charge >= 0.3 is 0 Å². The van der Waals surface area contributed by atoms with Crippen LogP contribution in [0.15, 0.2) is 18.2 Å². The van der Waals surface area contributed by atoms with E-state index < -0.39 is 11.6 Å². The molecule has 1 aromatic carbocycles. The number of hydrogen-bond donors (Lipinski definition) is 1. The van der Waals surface area contributed by atoms with Crippen molar-refractivity contribution in [1.82, 2.24) is 10.2 Å². The summed E-state index contributed by atoms with van der Waals surface area (Å²) in [5, 5.41) is 3.39. The van der Waals surface area contributed by atoms with Crippen molar-refractivity contribution < 1.29 is 8.78 Å². The first kappa shape index (κ1) is 13.4. The SMILES string of the molecule is CC1CN(Cc2c(F)cccc2F)C(C)(C)CN1. The van der Waals surface area contributed by atoms with Gasteiger partial charge in [-0.2, -0.15) is 0 Å². The summed E-state index contributed by atoms with van der Waals surface area (Å²) in [6, 6.07) is 4.38. The van der Waals surface area contributed by atoms with Crippen LogP contribution in [-0.2, 0) is 6.54 Å². The summed E-state index contributed by atoms with van der Waals surface area (Å²) < 4.78 is 27.3. The van der Waals surface area contributed by atoms with Gasteiger partial charge in [-0.15, -0.1) is 0 Å². The Labute approximate surface area is 107 Å². The molecule has 1 atom stereocenters. The van der Waals surface area contributed by atoms with Crippen molar-refractivity contribution in [2.75, 3.05) is 13.1 Å². The highest BCUT2D eigenvalue weighted by Crippen LogP contribution is 2.23. The third kappa shape index (κ3) is 2.70. The molecule has 1 aliphatic rings. The van der Waals surface area contributed by atoms with Gasteiger partial charge in [-0.05, 0) is 32.9 Å². The molecule has 1 fully saturated rings. The third-order valence-corrected chi connectivity index (χ3v) is 3.64. The van der Waals surface area contributed by atoms with Gasteiger partial charge in [0.25, 0.3) is 0 Å². The van der Waals surface area contributed by atoms with Gasteiger partial charge in [0.15, 0.2) is 0 Å². The maximum atomic E-state index is 13.7. The minimum absolute atomic E-state index is 0.0960. The van der Waals surface area contributed by atoms with Crippen LogP contribution in [0, 0.1) is 11.6 Å². The van der Waals surface area contributed by atoms with Crippen molar-refractivity contribution in [3.8, 4) is 0 Å². The monoisotopic (exact) mass is 254 g/mol. The number of piperazine rings is 1. The maximum absolute atomic E-state index is 13.7. The second-order valence-corrected chi connectivity index (χ2v) is 5.68. The summed E-state index contributed by atoms with van der Waals surface area (Å²) in [6.45, 7) is 8.19. The fourth-order valence-electron chi connectivity index (χ4n) is 2.33. The Morgan fingerprint density at radius 1 is 1.33 bits per heavy atom. The van der Waals surface area contributed by atoms with E-state index in [9.17, 15) is 8.78 Å². The van der Waals surface area contributed by atoms with E-state index in [-0.39, 0.29) is 11.1 Å². The average molecular weight is 254 g/mol. The molecule has 0 spiro atoms. The van der Waals surface area contributed by atoms with Crippen LogP contribution < -0.4 is 5.32 Å². The lowest BCUT2D eigenvalue weighted by molar-refractivity contribution is 0.0605. The van der Waals surface area contributed by atoms with Gasteiger partial charge in [0.2, 0.25) is 0 Å². The molecule has 1 N–H and O–H groups in total. The van der Waals surface area contributed by atoms with Gasteiger partial charge in [-0.25, -0.2) is 8.78 Å². The summed E-state index contributed by atoms with van der Waals surface area (Å²) in [5.41, 5.74) is 0.0704. The molecule has 4 heteroatoms. The van der Waals surface area contributed by atoms with Crippen molar-refractivity contribution in [2.24, 2.45) is 0 Å². The van der Waals surface area contributed by atoms with Crippen molar-refractivity contribution in [3.05, 3.63) is 35.4 Å². The molecule has 1 unspecified atom stereocenters. The van der Waals surface area contributed by atoms with Crippen LogP contribution in [0.25, 0.3) is 0 Å². The Balaban J connectivity index is 2.21. The quantitative estimate of drug-likeness (QED) is 0.872. The van der Waals surface area contributed by atoms with E-state index in [1.54, 1.807) is 0 Å². The summed E-state index contributed by atoms with van der Waals surface area (Å²) in [6.07, 6.45) is 0. The van der Waals surface area contributed by atoms with E-state index >= 15 is 0 Å². The highest BCUT2D eigenvalue weighted by molar-refractivity contribution is 5.20. The summed E-state index contributed by atoms with van der Waals surface area (Å²) in [5.74, 6) is -0.922. The zero-order valence-corrected chi connectivity index (χ0v) is 11.1. The number of nitrogens with zero attached hydrogens (tertiary/aromatic N) is 1. The Morgan fingerprint density at radius 2 is 1.94 bits per heavy atom. The van der Waals surface area contributed by atoms with Crippen molar-refractivity contribution >= 4 is 0 Å². The van der Waals surface area contributed by atoms with Crippen LogP contribution in [0.5, 0.6) is 0 Å². The van der Waals surface area contributed by atoms with E-state index in [1.807, 2.05) is 0 Å². The minimum atomic E-state index is -0.461. The fourth-order valence-corrected chi connectivity index (χ4v) is 2.33. The molecule has 1 aliphatic heterocycles. The Morgan fingerprint density at radius 3 is 2.56 bits per heavy atom. The normalized spacial score (nSPS) is 24.2. The lowest BCUT2D eigenvalue weighted by Crippen LogP contribution is -2.60. The number of hydrogen-bond acceptors (Lipinski definition) is 2. The first-order chi connectivity index (χ1) is 8.40. The fraction of sp³-hybridized carbons (Fsp3) is 0.571.